The highest BCUT2D eigenvalue weighted by molar-refractivity contribution is 5.92. The molecule has 2 rings (SSSR count). The molecule has 3 nitrogen and oxygen atoms in total. The van der Waals surface area contributed by atoms with Crippen molar-refractivity contribution in [3.63, 3.8) is 0 Å². The van der Waals surface area contributed by atoms with Crippen LogP contribution in [0.1, 0.15) is 34.0 Å². The predicted octanol–water partition coefficient (Wildman–Crippen LogP) is 3.50. The van der Waals surface area contributed by atoms with Crippen LogP contribution in [0.3, 0.4) is 0 Å². The number of esters is 1. The maximum atomic E-state index is 12.0. The molecule has 0 atom stereocenters. The molecule has 0 fully saturated rings. The summed E-state index contributed by atoms with van der Waals surface area (Å²) in [6.45, 7) is 4.25. The monoisotopic (exact) mass is 269 g/mol. The summed E-state index contributed by atoms with van der Waals surface area (Å²) in [4.78, 5) is 12.0. The zero-order valence-corrected chi connectivity index (χ0v) is 11.8. The van der Waals surface area contributed by atoms with Gasteiger partial charge < -0.3 is 10.5 Å². The van der Waals surface area contributed by atoms with E-state index in [-0.39, 0.29) is 12.6 Å². The molecule has 0 bridgehead atoms. The summed E-state index contributed by atoms with van der Waals surface area (Å²) in [7, 11) is 0. The van der Waals surface area contributed by atoms with Gasteiger partial charge in [0.1, 0.15) is 6.61 Å². The van der Waals surface area contributed by atoms with Crippen LogP contribution in [0, 0.1) is 6.92 Å². The Balaban J connectivity index is 2.02. The second kappa shape index (κ2) is 6.24. The first-order valence-electron chi connectivity index (χ1n) is 6.71. The van der Waals surface area contributed by atoms with Gasteiger partial charge in [-0.25, -0.2) is 4.79 Å². The Morgan fingerprint density at radius 2 is 1.75 bits per heavy atom. The molecule has 20 heavy (non-hydrogen) atoms. The van der Waals surface area contributed by atoms with Gasteiger partial charge in [0.15, 0.2) is 0 Å². The quantitative estimate of drug-likeness (QED) is 0.682. The van der Waals surface area contributed by atoms with Gasteiger partial charge in [0.25, 0.3) is 0 Å². The molecule has 0 saturated heterocycles. The summed E-state index contributed by atoms with van der Waals surface area (Å²) < 4.78 is 5.33. The van der Waals surface area contributed by atoms with Crippen LogP contribution in [-0.4, -0.2) is 5.97 Å². The van der Waals surface area contributed by atoms with E-state index >= 15 is 0 Å². The summed E-state index contributed by atoms with van der Waals surface area (Å²) >= 11 is 0. The number of carbonyl (C=O) groups is 1. The van der Waals surface area contributed by atoms with E-state index in [9.17, 15) is 4.79 Å². The predicted molar refractivity (Wildman–Crippen MR) is 80.5 cm³/mol. The number of nitrogen functional groups attached to an aromatic ring is 1. The van der Waals surface area contributed by atoms with E-state index in [0.717, 1.165) is 17.5 Å². The smallest absolute Gasteiger partial charge is 0.338 e. The summed E-state index contributed by atoms with van der Waals surface area (Å²) in [5.74, 6) is -0.339. The second-order valence-electron chi connectivity index (χ2n) is 4.82. The van der Waals surface area contributed by atoms with Crippen LogP contribution >= 0.6 is 0 Å². The normalized spacial score (nSPS) is 10.3. The minimum absolute atomic E-state index is 0.275. The molecule has 0 aromatic heterocycles. The third-order valence-electron chi connectivity index (χ3n) is 3.28. The van der Waals surface area contributed by atoms with Crippen LogP contribution in [0.5, 0.6) is 0 Å². The first kappa shape index (κ1) is 14.1. The van der Waals surface area contributed by atoms with Crippen molar-refractivity contribution in [2.24, 2.45) is 0 Å². The molecule has 104 valence electrons. The molecule has 0 aliphatic carbocycles. The molecule has 0 saturated carbocycles. The molecule has 0 spiro atoms. The van der Waals surface area contributed by atoms with Gasteiger partial charge in [0.2, 0.25) is 0 Å². The molecule has 2 N–H and O–H groups in total. The highest BCUT2D eigenvalue weighted by atomic mass is 16.5. The summed E-state index contributed by atoms with van der Waals surface area (Å²) in [5, 5.41) is 0. The van der Waals surface area contributed by atoms with Crippen molar-refractivity contribution < 1.29 is 9.53 Å². The lowest BCUT2D eigenvalue weighted by atomic mass is 10.1. The number of rotatable bonds is 4. The maximum Gasteiger partial charge on any atom is 0.338 e. The van der Waals surface area contributed by atoms with Crippen LogP contribution in [-0.2, 0) is 17.8 Å². The fourth-order valence-corrected chi connectivity index (χ4v) is 1.96. The van der Waals surface area contributed by atoms with E-state index in [1.807, 2.05) is 25.1 Å². The molecule has 0 heterocycles. The van der Waals surface area contributed by atoms with Gasteiger partial charge >= 0.3 is 5.97 Å². The average Bonchev–Trinajstić information content (AvgIpc) is 2.47. The van der Waals surface area contributed by atoms with E-state index in [4.69, 9.17) is 10.5 Å². The fourth-order valence-electron chi connectivity index (χ4n) is 1.96. The summed E-state index contributed by atoms with van der Waals surface area (Å²) in [6.07, 6.45) is 1.00. The molecular formula is C17H19NO2. The Morgan fingerprint density at radius 3 is 2.40 bits per heavy atom. The highest BCUT2D eigenvalue weighted by Gasteiger charge is 2.11. The number of nitrogens with two attached hydrogens (primary N) is 1. The van der Waals surface area contributed by atoms with E-state index in [1.165, 1.54) is 5.56 Å². The van der Waals surface area contributed by atoms with Gasteiger partial charge in [-0.05, 0) is 42.2 Å². The van der Waals surface area contributed by atoms with Crippen molar-refractivity contribution in [2.75, 3.05) is 5.73 Å². The van der Waals surface area contributed by atoms with Gasteiger partial charge in [0.05, 0.1) is 5.56 Å². The Kier molecular flexibility index (Phi) is 4.41. The maximum absolute atomic E-state index is 12.0. The molecule has 3 heteroatoms. The molecule has 2 aromatic carbocycles. The Morgan fingerprint density at radius 1 is 1.10 bits per heavy atom. The molecule has 0 amide bonds. The number of benzene rings is 2. The van der Waals surface area contributed by atoms with Crippen molar-refractivity contribution in [2.45, 2.75) is 26.9 Å². The second-order valence-corrected chi connectivity index (χ2v) is 4.82. The summed E-state index contributed by atoms with van der Waals surface area (Å²) in [5.41, 5.74) is 9.90. The lowest BCUT2D eigenvalue weighted by molar-refractivity contribution is 0.0472. The zero-order chi connectivity index (χ0) is 14.5. The number of carbonyl (C=O) groups excluding carboxylic acids is 1. The van der Waals surface area contributed by atoms with E-state index in [0.29, 0.717) is 11.3 Å². The van der Waals surface area contributed by atoms with Crippen molar-refractivity contribution in [3.8, 4) is 0 Å². The largest absolute Gasteiger partial charge is 0.457 e. The van der Waals surface area contributed by atoms with Crippen LogP contribution in [0.2, 0.25) is 0 Å². The van der Waals surface area contributed by atoms with Gasteiger partial charge in [0, 0.05) is 5.69 Å². The van der Waals surface area contributed by atoms with Crippen LogP contribution < -0.4 is 5.73 Å². The van der Waals surface area contributed by atoms with Crippen molar-refractivity contribution in [3.05, 3.63) is 64.7 Å². The van der Waals surface area contributed by atoms with Crippen LogP contribution in [0.4, 0.5) is 5.69 Å². The van der Waals surface area contributed by atoms with Crippen LogP contribution in [0.15, 0.2) is 42.5 Å². The minimum atomic E-state index is -0.339. The number of aryl methyl sites for hydroxylation is 2. The standard InChI is InChI=1S/C17H19NO2/c1-3-13-5-7-14(8-6-13)11-20-17(19)16-10-15(18)9-4-12(16)2/h4-10H,3,11,18H2,1-2H3. The molecule has 0 aliphatic heterocycles. The SMILES string of the molecule is CCc1ccc(COC(=O)c2cc(N)ccc2C)cc1. The van der Waals surface area contributed by atoms with E-state index < -0.39 is 0 Å². The Labute approximate surface area is 119 Å². The highest BCUT2D eigenvalue weighted by Crippen LogP contribution is 2.15. The zero-order valence-electron chi connectivity index (χ0n) is 11.8. The first-order chi connectivity index (χ1) is 9.60. The van der Waals surface area contributed by atoms with E-state index in [1.54, 1.807) is 12.1 Å². The minimum Gasteiger partial charge on any atom is -0.457 e. The van der Waals surface area contributed by atoms with Gasteiger partial charge in [-0.2, -0.15) is 0 Å². The average molecular weight is 269 g/mol. The third kappa shape index (κ3) is 3.38. The third-order valence-corrected chi connectivity index (χ3v) is 3.28. The first-order valence-corrected chi connectivity index (χ1v) is 6.71. The Bertz CT molecular complexity index is 603. The van der Waals surface area contributed by atoms with Crippen molar-refractivity contribution >= 4 is 11.7 Å². The summed E-state index contributed by atoms with van der Waals surface area (Å²) in [6, 6.07) is 13.3. The lowest BCUT2D eigenvalue weighted by Gasteiger charge is -2.08. The van der Waals surface area contributed by atoms with Crippen LogP contribution in [0.25, 0.3) is 0 Å². The number of hydrogen-bond acceptors (Lipinski definition) is 3. The fraction of sp³-hybridized carbons (Fsp3) is 0.235. The van der Waals surface area contributed by atoms with E-state index in [2.05, 4.69) is 19.1 Å². The molecule has 2 aromatic rings. The molecule has 0 radical (unpaired) electrons. The Hall–Kier alpha value is -2.29. The molecular weight excluding hydrogens is 250 g/mol. The number of ether oxygens (including phenoxy) is 1. The van der Waals surface area contributed by atoms with Crippen molar-refractivity contribution in [1.29, 1.82) is 0 Å². The van der Waals surface area contributed by atoms with Crippen molar-refractivity contribution in [1.82, 2.24) is 0 Å². The molecule has 0 aliphatic rings. The lowest BCUT2D eigenvalue weighted by Crippen LogP contribution is -2.07. The number of hydrogen-bond donors (Lipinski definition) is 1. The van der Waals surface area contributed by atoms with Gasteiger partial charge in [-0.3, -0.25) is 0 Å². The molecule has 0 unspecified atom stereocenters. The topological polar surface area (TPSA) is 52.3 Å². The van der Waals surface area contributed by atoms with Gasteiger partial charge in [-0.1, -0.05) is 37.3 Å². The van der Waals surface area contributed by atoms with Gasteiger partial charge in [-0.15, -0.1) is 0 Å². The number of anilines is 1.